The molecule has 2 N–H and O–H groups in total. The second kappa shape index (κ2) is 8.80. The summed E-state index contributed by atoms with van der Waals surface area (Å²) in [4.78, 5) is 17.5. The van der Waals surface area contributed by atoms with Gasteiger partial charge in [-0.3, -0.25) is 20.0 Å². The molecule has 0 spiro atoms. The third-order valence-corrected chi connectivity index (χ3v) is 4.76. The van der Waals surface area contributed by atoms with Crippen molar-refractivity contribution in [2.75, 3.05) is 26.7 Å². The van der Waals surface area contributed by atoms with Gasteiger partial charge in [0, 0.05) is 37.3 Å². The van der Waals surface area contributed by atoms with Crippen LogP contribution in [-0.2, 0) is 6.54 Å². The van der Waals surface area contributed by atoms with E-state index in [2.05, 4.69) is 34.4 Å². The number of piperidine rings is 1. The Morgan fingerprint density at radius 2 is 1.92 bits per heavy atom. The predicted octanol–water partition coefficient (Wildman–Crippen LogP) is 2.52. The van der Waals surface area contributed by atoms with Crippen LogP contribution in [0.3, 0.4) is 0 Å². The van der Waals surface area contributed by atoms with E-state index in [1.54, 1.807) is 25.2 Å². The van der Waals surface area contributed by atoms with Gasteiger partial charge >= 0.3 is 0 Å². The van der Waals surface area contributed by atoms with E-state index in [4.69, 9.17) is 0 Å². The van der Waals surface area contributed by atoms with Crippen LogP contribution < -0.4 is 10.6 Å². The highest BCUT2D eigenvalue weighted by molar-refractivity contribution is 5.79. The maximum absolute atomic E-state index is 11.1. The molecule has 0 unspecified atom stereocenters. The number of aliphatic imine (C=N–C) groups is 1. The molecule has 0 bridgehead atoms. The number of likely N-dealkylation sites (tertiary alicyclic amines) is 1. The quantitative estimate of drug-likeness (QED) is 0.358. The smallest absolute Gasteiger partial charge is 0.274 e. The molecular formula is C18H29N5O2. The number of rotatable bonds is 6. The Labute approximate surface area is 149 Å². The average molecular weight is 347 g/mol. The molecule has 2 rings (SSSR count). The van der Waals surface area contributed by atoms with Gasteiger partial charge < -0.3 is 10.6 Å². The first-order valence-electron chi connectivity index (χ1n) is 8.86. The molecule has 7 heteroatoms. The first-order valence-corrected chi connectivity index (χ1v) is 8.86. The molecule has 1 aliphatic rings. The molecule has 7 nitrogen and oxygen atoms in total. The number of nitrogens with zero attached hydrogens (tertiary/aromatic N) is 3. The molecule has 1 aliphatic heterocycles. The molecule has 25 heavy (non-hydrogen) atoms. The molecule has 1 heterocycles. The zero-order valence-electron chi connectivity index (χ0n) is 15.4. The number of nitro groups is 1. The van der Waals surface area contributed by atoms with Crippen LogP contribution in [-0.4, -0.2) is 48.0 Å². The summed E-state index contributed by atoms with van der Waals surface area (Å²) in [6.45, 7) is 7.87. The number of guanidine groups is 1. The lowest BCUT2D eigenvalue weighted by Gasteiger charge is -2.41. The van der Waals surface area contributed by atoms with Crippen molar-refractivity contribution in [3.05, 3.63) is 39.9 Å². The zero-order chi connectivity index (χ0) is 18.3. The molecular weight excluding hydrogens is 318 g/mol. The molecule has 1 saturated heterocycles. The molecule has 138 valence electrons. The first-order chi connectivity index (χ1) is 11.9. The minimum absolute atomic E-state index is 0.0385. The number of hydrogen-bond donors (Lipinski definition) is 2. The van der Waals surface area contributed by atoms with Gasteiger partial charge in [0.05, 0.1) is 4.92 Å². The predicted molar refractivity (Wildman–Crippen MR) is 101 cm³/mol. The van der Waals surface area contributed by atoms with E-state index >= 15 is 0 Å². The second-order valence-corrected chi connectivity index (χ2v) is 7.03. The third kappa shape index (κ3) is 5.42. The van der Waals surface area contributed by atoms with E-state index in [0.717, 1.165) is 19.6 Å². The molecule has 1 aromatic rings. The van der Waals surface area contributed by atoms with E-state index in [-0.39, 0.29) is 16.1 Å². The largest absolute Gasteiger partial charge is 0.355 e. The van der Waals surface area contributed by atoms with E-state index in [0.29, 0.717) is 18.1 Å². The van der Waals surface area contributed by atoms with E-state index < -0.39 is 0 Å². The van der Waals surface area contributed by atoms with Crippen molar-refractivity contribution in [1.29, 1.82) is 0 Å². The number of benzene rings is 1. The highest BCUT2D eigenvalue weighted by Gasteiger charge is 2.27. The SMILES string of the molecule is CN=C(NCc1ccccc1[N+](=O)[O-])NCC(C)(C)N1CCCCC1. The molecule has 1 aromatic carbocycles. The second-order valence-electron chi connectivity index (χ2n) is 7.03. The number of nitro benzene ring substituents is 1. The van der Waals surface area contributed by atoms with Gasteiger partial charge in [0.15, 0.2) is 5.96 Å². The van der Waals surface area contributed by atoms with Crippen molar-refractivity contribution in [1.82, 2.24) is 15.5 Å². The van der Waals surface area contributed by atoms with E-state index in [1.165, 1.54) is 25.3 Å². The summed E-state index contributed by atoms with van der Waals surface area (Å²) in [5.74, 6) is 0.656. The van der Waals surface area contributed by atoms with Crippen LogP contribution in [0.1, 0.15) is 38.7 Å². The summed E-state index contributed by atoms with van der Waals surface area (Å²) in [5, 5.41) is 17.6. The summed E-state index contributed by atoms with van der Waals surface area (Å²) >= 11 is 0. The number of hydrogen-bond acceptors (Lipinski definition) is 4. The molecule has 0 aliphatic carbocycles. The Balaban J connectivity index is 1.90. The van der Waals surface area contributed by atoms with Crippen molar-refractivity contribution in [2.24, 2.45) is 4.99 Å². The lowest BCUT2D eigenvalue weighted by Crippen LogP contribution is -2.54. The number of para-hydroxylation sites is 1. The monoisotopic (exact) mass is 347 g/mol. The Morgan fingerprint density at radius 1 is 1.24 bits per heavy atom. The van der Waals surface area contributed by atoms with Crippen LogP contribution in [0.2, 0.25) is 0 Å². The fraction of sp³-hybridized carbons (Fsp3) is 0.611. The van der Waals surface area contributed by atoms with E-state index in [1.807, 2.05) is 0 Å². The van der Waals surface area contributed by atoms with Crippen LogP contribution >= 0.6 is 0 Å². The van der Waals surface area contributed by atoms with Crippen LogP contribution in [0, 0.1) is 10.1 Å². The highest BCUT2D eigenvalue weighted by Crippen LogP contribution is 2.20. The average Bonchev–Trinajstić information content (AvgIpc) is 2.62. The summed E-state index contributed by atoms with van der Waals surface area (Å²) in [5.41, 5.74) is 0.807. The van der Waals surface area contributed by atoms with Gasteiger partial charge in [-0.25, -0.2) is 0 Å². The van der Waals surface area contributed by atoms with Crippen LogP contribution in [0.15, 0.2) is 29.3 Å². The molecule has 0 aromatic heterocycles. The maximum atomic E-state index is 11.1. The van der Waals surface area contributed by atoms with Gasteiger partial charge in [-0.1, -0.05) is 24.6 Å². The standard InChI is InChI=1S/C18H29N5O2/c1-18(2,22-11-7-4-8-12-22)14-21-17(19-3)20-13-15-9-5-6-10-16(15)23(24)25/h5-6,9-10H,4,7-8,11-14H2,1-3H3,(H2,19,20,21). The van der Waals surface area contributed by atoms with Crippen LogP contribution in [0.25, 0.3) is 0 Å². The normalized spacial score (nSPS) is 16.5. The van der Waals surface area contributed by atoms with Crippen LogP contribution in [0.4, 0.5) is 5.69 Å². The zero-order valence-corrected chi connectivity index (χ0v) is 15.4. The molecule has 0 amide bonds. The minimum atomic E-state index is -0.354. The molecule has 0 radical (unpaired) electrons. The topological polar surface area (TPSA) is 82.8 Å². The fourth-order valence-corrected chi connectivity index (χ4v) is 3.15. The minimum Gasteiger partial charge on any atom is -0.355 e. The lowest BCUT2D eigenvalue weighted by atomic mass is 9.98. The Bertz CT molecular complexity index is 609. The Morgan fingerprint density at radius 3 is 2.56 bits per heavy atom. The van der Waals surface area contributed by atoms with Crippen molar-refractivity contribution < 1.29 is 4.92 Å². The third-order valence-electron chi connectivity index (χ3n) is 4.76. The van der Waals surface area contributed by atoms with Crippen molar-refractivity contribution in [3.8, 4) is 0 Å². The van der Waals surface area contributed by atoms with Gasteiger partial charge in [-0.05, 0) is 39.8 Å². The van der Waals surface area contributed by atoms with Crippen molar-refractivity contribution in [3.63, 3.8) is 0 Å². The van der Waals surface area contributed by atoms with Gasteiger partial charge in [0.2, 0.25) is 0 Å². The summed E-state index contributed by atoms with van der Waals surface area (Å²) in [7, 11) is 1.71. The van der Waals surface area contributed by atoms with Gasteiger partial charge in [-0.15, -0.1) is 0 Å². The first kappa shape index (κ1) is 19.2. The van der Waals surface area contributed by atoms with Crippen LogP contribution in [0.5, 0.6) is 0 Å². The highest BCUT2D eigenvalue weighted by atomic mass is 16.6. The molecule has 1 fully saturated rings. The maximum Gasteiger partial charge on any atom is 0.274 e. The van der Waals surface area contributed by atoms with Crippen molar-refractivity contribution in [2.45, 2.75) is 45.2 Å². The lowest BCUT2D eigenvalue weighted by molar-refractivity contribution is -0.385. The van der Waals surface area contributed by atoms with Gasteiger partial charge in [-0.2, -0.15) is 0 Å². The van der Waals surface area contributed by atoms with Gasteiger partial charge in [0.1, 0.15) is 0 Å². The summed E-state index contributed by atoms with van der Waals surface area (Å²) in [6, 6.07) is 6.76. The Kier molecular flexibility index (Phi) is 6.75. The summed E-state index contributed by atoms with van der Waals surface area (Å²) < 4.78 is 0. The van der Waals surface area contributed by atoms with Crippen molar-refractivity contribution >= 4 is 11.6 Å². The summed E-state index contributed by atoms with van der Waals surface area (Å²) in [6.07, 6.45) is 3.83. The molecule has 0 saturated carbocycles. The van der Waals surface area contributed by atoms with Gasteiger partial charge in [0.25, 0.3) is 5.69 Å². The van der Waals surface area contributed by atoms with E-state index in [9.17, 15) is 10.1 Å². The fourth-order valence-electron chi connectivity index (χ4n) is 3.15. The Hall–Kier alpha value is -2.15. The molecule has 0 atom stereocenters. The number of nitrogens with one attached hydrogen (secondary N) is 2.